The third-order valence-electron chi connectivity index (χ3n) is 2.63. The first-order chi connectivity index (χ1) is 9.36. The van der Waals surface area contributed by atoms with Crippen LogP contribution in [0.3, 0.4) is 0 Å². The smallest absolute Gasteiger partial charge is 0.317 e. The van der Waals surface area contributed by atoms with Crippen LogP contribution >= 0.6 is 15.9 Å². The monoisotopic (exact) mass is 344 g/mol. The van der Waals surface area contributed by atoms with Gasteiger partial charge in [0.15, 0.2) is 5.75 Å². The lowest BCUT2D eigenvalue weighted by Crippen LogP contribution is -2.22. The van der Waals surface area contributed by atoms with E-state index in [-0.39, 0.29) is 28.0 Å². The molecule has 6 N–H and O–H groups in total. The number of anilines is 1. The quantitative estimate of drug-likeness (QED) is 0.676. The standard InChI is InChI=1S/C11H10BrFN4O3/c1-20-8-3(12)2-4(13)5-6(9(14)18)10(16-7(5)8)17-11(15)19/h2,16H,1H3,(H2,14,18)(H3,15,17,19). The third-order valence-corrected chi connectivity index (χ3v) is 3.22. The zero-order valence-electron chi connectivity index (χ0n) is 10.2. The first kappa shape index (κ1) is 14.1. The lowest BCUT2D eigenvalue weighted by atomic mass is 10.1. The maximum Gasteiger partial charge on any atom is 0.317 e. The Labute approximate surface area is 120 Å². The van der Waals surface area contributed by atoms with Crippen LogP contribution in [-0.2, 0) is 0 Å². The predicted molar refractivity (Wildman–Crippen MR) is 74.2 cm³/mol. The van der Waals surface area contributed by atoms with Crippen molar-refractivity contribution in [1.82, 2.24) is 4.98 Å². The number of urea groups is 1. The summed E-state index contributed by atoms with van der Waals surface area (Å²) in [4.78, 5) is 25.1. The number of aromatic nitrogens is 1. The molecule has 3 amide bonds. The van der Waals surface area contributed by atoms with Crippen molar-refractivity contribution in [3.63, 3.8) is 0 Å². The Kier molecular flexibility index (Phi) is 3.53. The topological polar surface area (TPSA) is 123 Å². The summed E-state index contributed by atoms with van der Waals surface area (Å²) in [5.41, 5.74) is 10.2. The number of nitrogens with two attached hydrogens (primary N) is 2. The number of fused-ring (bicyclic) bond motifs is 1. The summed E-state index contributed by atoms with van der Waals surface area (Å²) in [7, 11) is 1.38. The van der Waals surface area contributed by atoms with Crippen LogP contribution < -0.4 is 21.5 Å². The molecule has 2 rings (SSSR count). The average Bonchev–Trinajstić information content (AvgIpc) is 2.67. The number of aromatic amines is 1. The van der Waals surface area contributed by atoms with E-state index in [4.69, 9.17) is 16.2 Å². The van der Waals surface area contributed by atoms with Gasteiger partial charge < -0.3 is 21.2 Å². The molecule has 7 nitrogen and oxygen atoms in total. The highest BCUT2D eigenvalue weighted by Gasteiger charge is 2.24. The highest BCUT2D eigenvalue weighted by atomic mass is 79.9. The number of hydrogen-bond donors (Lipinski definition) is 4. The molecule has 0 atom stereocenters. The lowest BCUT2D eigenvalue weighted by molar-refractivity contribution is 0.100. The van der Waals surface area contributed by atoms with Gasteiger partial charge in [-0.3, -0.25) is 10.1 Å². The largest absolute Gasteiger partial charge is 0.493 e. The van der Waals surface area contributed by atoms with Crippen molar-refractivity contribution in [3.8, 4) is 5.75 Å². The summed E-state index contributed by atoms with van der Waals surface area (Å²) in [6.45, 7) is 0. The van der Waals surface area contributed by atoms with E-state index >= 15 is 0 Å². The van der Waals surface area contributed by atoms with Crippen LogP contribution in [0.4, 0.5) is 15.0 Å². The van der Waals surface area contributed by atoms with Crippen LogP contribution in [0.1, 0.15) is 10.4 Å². The van der Waals surface area contributed by atoms with Crippen LogP contribution in [0.15, 0.2) is 10.5 Å². The molecular weight excluding hydrogens is 335 g/mol. The van der Waals surface area contributed by atoms with Gasteiger partial charge in [0, 0.05) is 0 Å². The number of halogens is 2. The second-order valence-electron chi connectivity index (χ2n) is 3.85. The number of hydrogen-bond acceptors (Lipinski definition) is 3. The molecule has 0 aliphatic carbocycles. The van der Waals surface area contributed by atoms with Crippen molar-refractivity contribution < 1.29 is 18.7 Å². The molecule has 0 fully saturated rings. The molecule has 1 aromatic heterocycles. The molecule has 20 heavy (non-hydrogen) atoms. The van der Waals surface area contributed by atoms with E-state index in [2.05, 4.69) is 26.2 Å². The summed E-state index contributed by atoms with van der Waals surface area (Å²) >= 11 is 3.14. The fourth-order valence-electron chi connectivity index (χ4n) is 1.94. The highest BCUT2D eigenvalue weighted by Crippen LogP contribution is 2.39. The van der Waals surface area contributed by atoms with Crippen LogP contribution in [0, 0.1) is 5.82 Å². The van der Waals surface area contributed by atoms with Crippen LogP contribution in [-0.4, -0.2) is 24.0 Å². The van der Waals surface area contributed by atoms with Crippen LogP contribution in [0.25, 0.3) is 10.9 Å². The molecule has 0 saturated carbocycles. The Hall–Kier alpha value is -2.29. The molecule has 2 aromatic rings. The van der Waals surface area contributed by atoms with Crippen molar-refractivity contribution in [2.24, 2.45) is 11.5 Å². The van der Waals surface area contributed by atoms with Crippen LogP contribution in [0.2, 0.25) is 0 Å². The molecule has 0 spiro atoms. The molecule has 106 valence electrons. The lowest BCUT2D eigenvalue weighted by Gasteiger charge is -2.05. The van der Waals surface area contributed by atoms with Crippen molar-refractivity contribution >= 4 is 44.6 Å². The summed E-state index contributed by atoms with van der Waals surface area (Å²) in [6, 6.07) is 0.215. The molecule has 0 saturated heterocycles. The number of nitrogens with one attached hydrogen (secondary N) is 2. The minimum absolute atomic E-state index is 0.0821. The maximum absolute atomic E-state index is 14.1. The molecule has 0 aliphatic rings. The van der Waals surface area contributed by atoms with Crippen molar-refractivity contribution in [1.29, 1.82) is 0 Å². The summed E-state index contributed by atoms with van der Waals surface area (Å²) in [6.07, 6.45) is 0. The highest BCUT2D eigenvalue weighted by molar-refractivity contribution is 9.10. The van der Waals surface area contributed by atoms with E-state index < -0.39 is 17.8 Å². The maximum atomic E-state index is 14.1. The molecule has 9 heteroatoms. The Bertz CT molecular complexity index is 728. The molecule has 1 heterocycles. The van der Waals surface area contributed by atoms with Gasteiger partial charge in [-0.2, -0.15) is 0 Å². The Balaban J connectivity index is 2.89. The summed E-state index contributed by atoms with van der Waals surface area (Å²) < 4.78 is 19.5. The van der Waals surface area contributed by atoms with Gasteiger partial charge in [-0.05, 0) is 22.0 Å². The number of rotatable bonds is 3. The summed E-state index contributed by atoms with van der Waals surface area (Å²) in [5.74, 6) is -1.43. The fourth-order valence-corrected chi connectivity index (χ4v) is 2.50. The number of benzene rings is 1. The van der Waals surface area contributed by atoms with E-state index in [0.717, 1.165) is 6.07 Å². The minimum atomic E-state index is -0.919. The Morgan fingerprint density at radius 1 is 1.45 bits per heavy atom. The fraction of sp³-hybridized carbons (Fsp3) is 0.0909. The Morgan fingerprint density at radius 2 is 2.10 bits per heavy atom. The molecule has 0 aliphatic heterocycles. The number of carbonyl (C=O) groups is 2. The van der Waals surface area contributed by atoms with Crippen LogP contribution in [0.5, 0.6) is 5.75 Å². The number of methoxy groups -OCH3 is 1. The number of carbonyl (C=O) groups excluding carboxylic acids is 2. The third kappa shape index (κ3) is 2.16. The van der Waals surface area contributed by atoms with E-state index in [0.29, 0.717) is 4.47 Å². The second kappa shape index (κ2) is 5.00. The normalized spacial score (nSPS) is 10.6. The van der Waals surface area contributed by atoms with Gasteiger partial charge in [0.1, 0.15) is 11.6 Å². The van der Waals surface area contributed by atoms with Gasteiger partial charge in [-0.1, -0.05) is 0 Å². The SMILES string of the molecule is COc1c(Br)cc(F)c2c(C(N)=O)c(NC(N)=O)[nH]c12. The molecule has 0 radical (unpaired) electrons. The minimum Gasteiger partial charge on any atom is -0.493 e. The van der Waals surface area contributed by atoms with E-state index in [1.165, 1.54) is 7.11 Å². The average molecular weight is 345 g/mol. The first-order valence-corrected chi connectivity index (χ1v) is 6.10. The van der Waals surface area contributed by atoms with Gasteiger partial charge >= 0.3 is 6.03 Å². The van der Waals surface area contributed by atoms with Gasteiger partial charge in [0.25, 0.3) is 5.91 Å². The van der Waals surface area contributed by atoms with Crippen molar-refractivity contribution in [2.45, 2.75) is 0 Å². The zero-order chi connectivity index (χ0) is 15.0. The van der Waals surface area contributed by atoms with Gasteiger partial charge in [0.2, 0.25) is 0 Å². The predicted octanol–water partition coefficient (Wildman–Crippen LogP) is 1.67. The van der Waals surface area contributed by atoms with E-state index in [1.54, 1.807) is 0 Å². The van der Waals surface area contributed by atoms with E-state index in [1.807, 2.05) is 0 Å². The number of amides is 3. The van der Waals surface area contributed by atoms with Gasteiger partial charge in [0.05, 0.1) is 28.0 Å². The molecular formula is C11H10BrFN4O3. The van der Waals surface area contributed by atoms with Crippen molar-refractivity contribution in [3.05, 3.63) is 21.9 Å². The zero-order valence-corrected chi connectivity index (χ0v) is 11.8. The summed E-state index contributed by atoms with van der Waals surface area (Å²) in [5, 5.41) is 2.10. The van der Waals surface area contributed by atoms with Gasteiger partial charge in [-0.15, -0.1) is 0 Å². The van der Waals surface area contributed by atoms with Gasteiger partial charge in [-0.25, -0.2) is 9.18 Å². The molecule has 0 bridgehead atoms. The molecule has 0 unspecified atom stereocenters. The van der Waals surface area contributed by atoms with Crippen molar-refractivity contribution in [2.75, 3.05) is 12.4 Å². The number of ether oxygens (including phenoxy) is 1. The number of H-pyrrole nitrogens is 1. The number of primary amides is 2. The Morgan fingerprint density at radius 3 is 2.60 bits per heavy atom. The first-order valence-electron chi connectivity index (χ1n) is 5.30. The van der Waals surface area contributed by atoms with E-state index in [9.17, 15) is 14.0 Å². The molecule has 1 aromatic carbocycles. The second-order valence-corrected chi connectivity index (χ2v) is 4.71.